The first-order valence-electron chi connectivity index (χ1n) is 7.57. The van der Waals surface area contributed by atoms with Gasteiger partial charge in [-0.05, 0) is 51.0 Å². The third kappa shape index (κ3) is 2.59. The van der Waals surface area contributed by atoms with E-state index in [0.29, 0.717) is 5.56 Å². The third-order valence-electron chi connectivity index (χ3n) is 4.19. The van der Waals surface area contributed by atoms with E-state index in [1.165, 1.54) is 0 Å². The Kier molecular flexibility index (Phi) is 3.64. The molecule has 0 bridgehead atoms. The number of hydrogen-bond acceptors (Lipinski definition) is 3. The number of pyridine rings is 1. The number of aryl methyl sites for hydroxylation is 4. The maximum atomic E-state index is 12.8. The molecule has 2 heterocycles. The standard InChI is InChI=1S/C18H20N4O/c1-10-7-6-8-15(12(10)3)20-18(23)14-9-11(2)19-17-16(14)13(4)21-22(17)5/h6-9H,1-5H3,(H,20,23). The Morgan fingerprint density at radius 3 is 2.65 bits per heavy atom. The quantitative estimate of drug-likeness (QED) is 0.788. The Labute approximate surface area is 135 Å². The Bertz CT molecular complexity index is 924. The lowest BCUT2D eigenvalue weighted by molar-refractivity contribution is 0.102. The van der Waals surface area contributed by atoms with Crippen molar-refractivity contribution in [3.63, 3.8) is 0 Å². The maximum absolute atomic E-state index is 12.8. The van der Waals surface area contributed by atoms with Crippen molar-refractivity contribution in [2.24, 2.45) is 7.05 Å². The van der Waals surface area contributed by atoms with Gasteiger partial charge in [0.2, 0.25) is 0 Å². The van der Waals surface area contributed by atoms with Crippen molar-refractivity contribution in [1.29, 1.82) is 0 Å². The minimum Gasteiger partial charge on any atom is -0.322 e. The SMILES string of the molecule is Cc1cc(C(=O)Nc2cccc(C)c2C)c2c(C)nn(C)c2n1. The molecule has 3 rings (SSSR count). The molecule has 0 spiro atoms. The number of nitrogens with zero attached hydrogens (tertiary/aromatic N) is 3. The van der Waals surface area contributed by atoms with Crippen LogP contribution in [-0.4, -0.2) is 20.7 Å². The van der Waals surface area contributed by atoms with Crippen molar-refractivity contribution in [2.75, 3.05) is 5.32 Å². The highest BCUT2D eigenvalue weighted by molar-refractivity contribution is 6.12. The molecule has 2 aromatic heterocycles. The zero-order valence-electron chi connectivity index (χ0n) is 14.1. The Balaban J connectivity index is 2.09. The van der Waals surface area contributed by atoms with Crippen LogP contribution in [0.2, 0.25) is 0 Å². The van der Waals surface area contributed by atoms with Crippen LogP contribution in [0.15, 0.2) is 24.3 Å². The summed E-state index contributed by atoms with van der Waals surface area (Å²) >= 11 is 0. The molecule has 0 saturated heterocycles. The number of rotatable bonds is 2. The molecule has 1 N–H and O–H groups in total. The summed E-state index contributed by atoms with van der Waals surface area (Å²) < 4.78 is 1.71. The van der Waals surface area contributed by atoms with Crippen molar-refractivity contribution in [1.82, 2.24) is 14.8 Å². The summed E-state index contributed by atoms with van der Waals surface area (Å²) in [5.74, 6) is -0.134. The van der Waals surface area contributed by atoms with Crippen molar-refractivity contribution in [3.8, 4) is 0 Å². The lowest BCUT2D eigenvalue weighted by atomic mass is 10.1. The van der Waals surface area contributed by atoms with Gasteiger partial charge in [0.15, 0.2) is 5.65 Å². The first-order chi connectivity index (χ1) is 10.9. The predicted molar refractivity (Wildman–Crippen MR) is 91.9 cm³/mol. The number of carbonyl (C=O) groups is 1. The second-order valence-electron chi connectivity index (χ2n) is 5.92. The molecule has 0 fully saturated rings. The summed E-state index contributed by atoms with van der Waals surface area (Å²) in [6.45, 7) is 7.82. The van der Waals surface area contributed by atoms with Gasteiger partial charge in [0.05, 0.1) is 16.6 Å². The van der Waals surface area contributed by atoms with Crippen molar-refractivity contribution < 1.29 is 4.79 Å². The molecule has 118 valence electrons. The van der Waals surface area contributed by atoms with E-state index in [9.17, 15) is 4.79 Å². The Morgan fingerprint density at radius 1 is 1.17 bits per heavy atom. The number of fused-ring (bicyclic) bond motifs is 1. The van der Waals surface area contributed by atoms with Gasteiger partial charge in [-0.15, -0.1) is 0 Å². The lowest BCUT2D eigenvalue weighted by Crippen LogP contribution is -2.14. The molecule has 3 aromatic rings. The van der Waals surface area contributed by atoms with Crippen LogP contribution in [0.3, 0.4) is 0 Å². The van der Waals surface area contributed by atoms with Crippen LogP contribution in [-0.2, 0) is 7.05 Å². The first kappa shape index (κ1) is 15.2. The molecule has 0 unspecified atom stereocenters. The van der Waals surface area contributed by atoms with Crippen LogP contribution in [0.4, 0.5) is 5.69 Å². The van der Waals surface area contributed by atoms with Gasteiger partial charge >= 0.3 is 0 Å². The second kappa shape index (κ2) is 5.50. The zero-order valence-corrected chi connectivity index (χ0v) is 14.1. The van der Waals surface area contributed by atoms with Gasteiger partial charge in [0, 0.05) is 18.4 Å². The van der Waals surface area contributed by atoms with Gasteiger partial charge in [0.25, 0.3) is 5.91 Å². The van der Waals surface area contributed by atoms with E-state index < -0.39 is 0 Å². The highest BCUT2D eigenvalue weighted by Crippen LogP contribution is 2.24. The average Bonchev–Trinajstić information content (AvgIpc) is 2.78. The molecule has 0 aliphatic carbocycles. The molecule has 0 atom stereocenters. The third-order valence-corrected chi connectivity index (χ3v) is 4.19. The highest BCUT2D eigenvalue weighted by Gasteiger charge is 2.18. The monoisotopic (exact) mass is 308 g/mol. The summed E-state index contributed by atoms with van der Waals surface area (Å²) in [7, 11) is 1.84. The normalized spacial score (nSPS) is 11.0. The van der Waals surface area contributed by atoms with Crippen molar-refractivity contribution in [3.05, 3.63) is 52.3 Å². The summed E-state index contributed by atoms with van der Waals surface area (Å²) in [5, 5.41) is 8.21. The highest BCUT2D eigenvalue weighted by atomic mass is 16.1. The van der Waals surface area contributed by atoms with Gasteiger partial charge in [-0.25, -0.2) is 4.98 Å². The van der Waals surface area contributed by atoms with Crippen LogP contribution < -0.4 is 5.32 Å². The van der Waals surface area contributed by atoms with Gasteiger partial charge in [-0.2, -0.15) is 5.10 Å². The van der Waals surface area contributed by atoms with E-state index in [0.717, 1.165) is 39.2 Å². The first-order valence-corrected chi connectivity index (χ1v) is 7.57. The van der Waals surface area contributed by atoms with E-state index in [1.54, 1.807) is 4.68 Å². The smallest absolute Gasteiger partial charge is 0.256 e. The van der Waals surface area contributed by atoms with Crippen LogP contribution >= 0.6 is 0 Å². The summed E-state index contributed by atoms with van der Waals surface area (Å²) in [4.78, 5) is 17.3. The molecule has 0 radical (unpaired) electrons. The van der Waals surface area contributed by atoms with Gasteiger partial charge in [0.1, 0.15) is 0 Å². The number of aromatic nitrogens is 3. The van der Waals surface area contributed by atoms with Crippen molar-refractivity contribution >= 4 is 22.6 Å². The van der Waals surface area contributed by atoms with Crippen LogP contribution in [0.1, 0.15) is 32.9 Å². The molecule has 5 nitrogen and oxygen atoms in total. The zero-order chi connectivity index (χ0) is 16.7. The topological polar surface area (TPSA) is 59.8 Å². The van der Waals surface area contributed by atoms with Gasteiger partial charge in [-0.1, -0.05) is 12.1 Å². The molecule has 1 amide bonds. The summed E-state index contributed by atoms with van der Waals surface area (Å²) in [5.41, 5.74) is 6.00. The number of anilines is 1. The van der Waals surface area contributed by atoms with Crippen LogP contribution in [0, 0.1) is 27.7 Å². The number of amides is 1. The number of carbonyl (C=O) groups excluding carboxylic acids is 1. The molecule has 0 aliphatic heterocycles. The van der Waals surface area contributed by atoms with Crippen molar-refractivity contribution in [2.45, 2.75) is 27.7 Å². The van der Waals surface area contributed by atoms with Gasteiger partial charge in [-0.3, -0.25) is 9.48 Å². The lowest BCUT2D eigenvalue weighted by Gasteiger charge is -2.11. The predicted octanol–water partition coefficient (Wildman–Crippen LogP) is 3.45. The minimum absolute atomic E-state index is 0.134. The fourth-order valence-electron chi connectivity index (χ4n) is 2.83. The number of hydrogen-bond donors (Lipinski definition) is 1. The number of benzene rings is 1. The van der Waals surface area contributed by atoms with E-state index in [-0.39, 0.29) is 5.91 Å². The molecule has 0 saturated carbocycles. The van der Waals surface area contributed by atoms with E-state index in [4.69, 9.17) is 0 Å². The van der Waals surface area contributed by atoms with Crippen LogP contribution in [0.5, 0.6) is 0 Å². The number of nitrogens with one attached hydrogen (secondary N) is 1. The van der Waals surface area contributed by atoms with Crippen LogP contribution in [0.25, 0.3) is 11.0 Å². The van der Waals surface area contributed by atoms with E-state index in [2.05, 4.69) is 15.4 Å². The average molecular weight is 308 g/mol. The molecule has 1 aromatic carbocycles. The minimum atomic E-state index is -0.134. The van der Waals surface area contributed by atoms with Gasteiger partial charge < -0.3 is 5.32 Å². The second-order valence-corrected chi connectivity index (χ2v) is 5.92. The van der Waals surface area contributed by atoms with E-state index in [1.807, 2.05) is 59.0 Å². The molecular formula is C18H20N4O. The summed E-state index contributed by atoms with van der Waals surface area (Å²) in [6.07, 6.45) is 0. The summed E-state index contributed by atoms with van der Waals surface area (Å²) in [6, 6.07) is 7.71. The largest absolute Gasteiger partial charge is 0.322 e. The van der Waals surface area contributed by atoms with E-state index >= 15 is 0 Å². The fraction of sp³-hybridized carbons (Fsp3) is 0.278. The Hall–Kier alpha value is -2.69. The maximum Gasteiger partial charge on any atom is 0.256 e. The molecule has 0 aliphatic rings. The molecular weight excluding hydrogens is 288 g/mol. The molecule has 23 heavy (non-hydrogen) atoms. The fourth-order valence-corrected chi connectivity index (χ4v) is 2.83. The Morgan fingerprint density at radius 2 is 1.91 bits per heavy atom. The molecule has 5 heteroatoms.